The van der Waals surface area contributed by atoms with Crippen molar-refractivity contribution in [2.75, 3.05) is 26.1 Å². The largest absolute Gasteiger partial charge is 0.494 e. The molecule has 1 aliphatic heterocycles. The third kappa shape index (κ3) is 2.98. The van der Waals surface area contributed by atoms with Crippen LogP contribution in [-0.4, -0.2) is 54.1 Å². The van der Waals surface area contributed by atoms with Gasteiger partial charge in [0.05, 0.1) is 43.5 Å². The molecular weight excluding hydrogens is 268 g/mol. The van der Waals surface area contributed by atoms with Gasteiger partial charge in [0, 0.05) is 12.7 Å². The lowest BCUT2D eigenvalue weighted by molar-refractivity contribution is -0.0372. The van der Waals surface area contributed by atoms with Crippen molar-refractivity contribution in [3.63, 3.8) is 0 Å². The van der Waals surface area contributed by atoms with Gasteiger partial charge >= 0.3 is 0 Å². The van der Waals surface area contributed by atoms with Crippen LogP contribution in [0.15, 0.2) is 18.5 Å². The molecule has 2 unspecified atom stereocenters. The van der Waals surface area contributed by atoms with Gasteiger partial charge in [-0.25, -0.2) is 0 Å². The maximum Gasteiger partial charge on any atom is 0.258 e. The van der Waals surface area contributed by atoms with Crippen molar-refractivity contribution in [1.29, 1.82) is 0 Å². The van der Waals surface area contributed by atoms with E-state index in [0.29, 0.717) is 30.3 Å². The summed E-state index contributed by atoms with van der Waals surface area (Å²) in [5.41, 5.74) is 0.513. The molecule has 1 aliphatic rings. The number of methoxy groups -OCH3 is 1. The molecule has 0 N–H and O–H groups in total. The smallest absolute Gasteiger partial charge is 0.258 e. The first-order valence-electron chi connectivity index (χ1n) is 6.14. The monoisotopic (exact) mass is 284 g/mol. The first-order valence-corrected chi connectivity index (χ1v) is 6.67. The van der Waals surface area contributed by atoms with Crippen molar-refractivity contribution >= 4 is 17.5 Å². The zero-order valence-corrected chi connectivity index (χ0v) is 11.8. The number of carbonyl (C=O) groups excluding carboxylic acids is 1. The number of rotatable bonds is 3. The lowest BCUT2D eigenvalue weighted by Gasteiger charge is -2.37. The molecule has 5 nitrogen and oxygen atoms in total. The number of pyridine rings is 1. The van der Waals surface area contributed by atoms with E-state index in [1.807, 2.05) is 6.92 Å². The van der Waals surface area contributed by atoms with E-state index in [1.54, 1.807) is 17.2 Å². The van der Waals surface area contributed by atoms with Gasteiger partial charge in [0.15, 0.2) is 0 Å². The fraction of sp³-hybridized carbons (Fsp3) is 0.538. The first-order chi connectivity index (χ1) is 9.17. The fourth-order valence-electron chi connectivity index (χ4n) is 2.07. The van der Waals surface area contributed by atoms with Crippen LogP contribution in [0.5, 0.6) is 5.75 Å². The highest BCUT2D eigenvalue weighted by atomic mass is 35.5. The van der Waals surface area contributed by atoms with Gasteiger partial charge in [-0.05, 0) is 13.0 Å². The van der Waals surface area contributed by atoms with Gasteiger partial charge in [-0.1, -0.05) is 0 Å². The van der Waals surface area contributed by atoms with Gasteiger partial charge in [0.25, 0.3) is 5.91 Å². The normalized spacial score (nSPS) is 23.2. The van der Waals surface area contributed by atoms with Crippen LogP contribution in [-0.2, 0) is 4.74 Å². The maximum atomic E-state index is 12.6. The molecule has 1 fully saturated rings. The number of nitrogens with zero attached hydrogens (tertiary/aromatic N) is 2. The number of morpholine rings is 1. The summed E-state index contributed by atoms with van der Waals surface area (Å²) in [6, 6.07) is 1.68. The predicted molar refractivity (Wildman–Crippen MR) is 71.7 cm³/mol. The van der Waals surface area contributed by atoms with Gasteiger partial charge in [0.1, 0.15) is 5.75 Å². The van der Waals surface area contributed by atoms with E-state index in [9.17, 15) is 4.79 Å². The maximum absolute atomic E-state index is 12.6. The molecule has 0 spiro atoms. The van der Waals surface area contributed by atoms with Crippen molar-refractivity contribution < 1.29 is 14.3 Å². The van der Waals surface area contributed by atoms with E-state index in [-0.39, 0.29) is 18.1 Å². The van der Waals surface area contributed by atoms with Crippen molar-refractivity contribution in [3.05, 3.63) is 24.0 Å². The Hall–Kier alpha value is -1.33. The third-order valence-corrected chi connectivity index (χ3v) is 3.52. The van der Waals surface area contributed by atoms with Crippen molar-refractivity contribution in [2.45, 2.75) is 19.1 Å². The minimum atomic E-state index is -0.116. The summed E-state index contributed by atoms with van der Waals surface area (Å²) in [6.07, 6.45) is 3.01. The number of hydrogen-bond acceptors (Lipinski definition) is 4. The lowest BCUT2D eigenvalue weighted by atomic mass is 10.1. The zero-order chi connectivity index (χ0) is 13.8. The lowest BCUT2D eigenvalue weighted by Crippen LogP contribution is -2.51. The molecule has 0 aliphatic carbocycles. The summed E-state index contributed by atoms with van der Waals surface area (Å²) in [6.45, 7) is 2.95. The van der Waals surface area contributed by atoms with Crippen molar-refractivity contribution in [3.8, 4) is 5.75 Å². The second-order valence-corrected chi connectivity index (χ2v) is 4.80. The highest BCUT2D eigenvalue weighted by Gasteiger charge is 2.31. The summed E-state index contributed by atoms with van der Waals surface area (Å²) in [5.74, 6) is 0.781. The molecule has 6 heteroatoms. The Labute approximate surface area is 117 Å². The van der Waals surface area contributed by atoms with Gasteiger partial charge in [-0.2, -0.15) is 0 Å². The van der Waals surface area contributed by atoms with Crippen molar-refractivity contribution in [1.82, 2.24) is 9.88 Å². The average Bonchev–Trinajstić information content (AvgIpc) is 2.47. The standard InChI is InChI=1S/C13H17ClN2O3/c1-9-8-19-10(5-14)7-16(9)13(17)11-3-4-15-6-12(11)18-2/h3-4,6,9-10H,5,7-8H2,1-2H3. The highest BCUT2D eigenvalue weighted by molar-refractivity contribution is 6.18. The van der Waals surface area contributed by atoms with Gasteiger partial charge < -0.3 is 14.4 Å². The molecule has 19 heavy (non-hydrogen) atoms. The van der Waals surface area contributed by atoms with Crippen LogP contribution in [0.25, 0.3) is 0 Å². The second kappa shape index (κ2) is 6.21. The van der Waals surface area contributed by atoms with Gasteiger partial charge in [-0.3, -0.25) is 9.78 Å². The Morgan fingerprint density at radius 3 is 3.16 bits per heavy atom. The van der Waals surface area contributed by atoms with E-state index in [0.717, 1.165) is 0 Å². The summed E-state index contributed by atoms with van der Waals surface area (Å²) in [7, 11) is 1.53. The summed E-state index contributed by atoms with van der Waals surface area (Å²) in [5, 5.41) is 0. The zero-order valence-electron chi connectivity index (χ0n) is 11.0. The molecule has 1 amide bonds. The van der Waals surface area contributed by atoms with Crippen LogP contribution in [0.4, 0.5) is 0 Å². The predicted octanol–water partition coefficient (Wildman–Crippen LogP) is 1.56. The Balaban J connectivity index is 2.22. The SMILES string of the molecule is COc1cnccc1C(=O)N1CC(CCl)OCC1C. The van der Waals surface area contributed by atoms with Gasteiger partial charge in [-0.15, -0.1) is 11.6 Å². The molecule has 0 bridgehead atoms. The van der Waals surface area contributed by atoms with Crippen LogP contribution in [0.2, 0.25) is 0 Å². The van der Waals surface area contributed by atoms with E-state index in [4.69, 9.17) is 21.1 Å². The second-order valence-electron chi connectivity index (χ2n) is 4.49. The molecule has 2 rings (SSSR count). The molecule has 1 aromatic rings. The molecule has 0 radical (unpaired) electrons. The van der Waals surface area contributed by atoms with E-state index in [1.165, 1.54) is 13.3 Å². The molecule has 104 valence electrons. The van der Waals surface area contributed by atoms with Crippen LogP contribution >= 0.6 is 11.6 Å². The van der Waals surface area contributed by atoms with Crippen molar-refractivity contribution in [2.24, 2.45) is 0 Å². The van der Waals surface area contributed by atoms with Crippen LogP contribution in [0.3, 0.4) is 0 Å². The molecule has 1 saturated heterocycles. The van der Waals surface area contributed by atoms with Crippen LogP contribution in [0.1, 0.15) is 17.3 Å². The van der Waals surface area contributed by atoms with E-state index >= 15 is 0 Å². The van der Waals surface area contributed by atoms with E-state index < -0.39 is 0 Å². The Morgan fingerprint density at radius 2 is 2.47 bits per heavy atom. The van der Waals surface area contributed by atoms with E-state index in [2.05, 4.69) is 4.98 Å². The minimum absolute atomic E-state index is 0.0184. The number of alkyl halides is 1. The van der Waals surface area contributed by atoms with Crippen LogP contribution in [0, 0.1) is 0 Å². The number of amides is 1. The number of hydrogen-bond donors (Lipinski definition) is 0. The first kappa shape index (κ1) is 14.1. The molecule has 2 heterocycles. The fourth-order valence-corrected chi connectivity index (χ4v) is 2.25. The number of ether oxygens (including phenoxy) is 2. The Bertz CT molecular complexity index is 455. The van der Waals surface area contributed by atoms with Crippen LogP contribution < -0.4 is 4.74 Å². The van der Waals surface area contributed by atoms with Gasteiger partial charge in [0.2, 0.25) is 0 Å². The molecular formula is C13H17ClN2O3. The molecule has 1 aromatic heterocycles. The summed E-state index contributed by atoms with van der Waals surface area (Å²) >= 11 is 5.80. The number of aromatic nitrogens is 1. The average molecular weight is 285 g/mol. The Kier molecular flexibility index (Phi) is 4.61. The summed E-state index contributed by atoms with van der Waals surface area (Å²) < 4.78 is 10.7. The number of halogens is 1. The quantitative estimate of drug-likeness (QED) is 0.791. The molecule has 2 atom stereocenters. The summed E-state index contributed by atoms with van der Waals surface area (Å²) in [4.78, 5) is 18.3. The topological polar surface area (TPSA) is 51.7 Å². The Morgan fingerprint density at radius 1 is 1.68 bits per heavy atom. The highest BCUT2D eigenvalue weighted by Crippen LogP contribution is 2.22. The molecule has 0 saturated carbocycles. The molecule has 0 aromatic carbocycles. The number of carbonyl (C=O) groups is 1. The minimum Gasteiger partial charge on any atom is -0.494 e. The third-order valence-electron chi connectivity index (χ3n) is 3.17.